The highest BCUT2D eigenvalue weighted by atomic mass is 16.4. The molecule has 11 heavy (non-hydrogen) atoms. The predicted molar refractivity (Wildman–Crippen MR) is 33.6 cm³/mol. The molecule has 58 valence electrons. The van der Waals surface area contributed by atoms with Crippen LogP contribution in [0.5, 0.6) is 0 Å². The zero-order chi connectivity index (χ0) is 8.85. The van der Waals surface area contributed by atoms with Crippen molar-refractivity contribution in [3.05, 3.63) is 11.6 Å². The van der Waals surface area contributed by atoms with Crippen molar-refractivity contribution in [2.75, 3.05) is 0 Å². The van der Waals surface area contributed by atoms with Gasteiger partial charge in [0, 0.05) is 11.6 Å². The Hall–Kier alpha value is -1.83. The Kier molecular flexibility index (Phi) is 3.39. The van der Waals surface area contributed by atoms with E-state index in [4.69, 9.17) is 15.5 Å². The average molecular weight is 155 g/mol. The minimum absolute atomic E-state index is 0.273. The third-order valence-electron chi connectivity index (χ3n) is 0.783. The monoisotopic (exact) mass is 155 g/mol. The molecule has 0 saturated carbocycles. The zero-order valence-corrected chi connectivity index (χ0v) is 5.44. The van der Waals surface area contributed by atoms with Gasteiger partial charge < -0.3 is 10.2 Å². The smallest absolute Gasteiger partial charge is 0.329 e. The molecule has 0 spiro atoms. The van der Waals surface area contributed by atoms with Crippen molar-refractivity contribution in [2.45, 2.75) is 6.42 Å². The summed E-state index contributed by atoms with van der Waals surface area (Å²) < 4.78 is 0. The van der Waals surface area contributed by atoms with Crippen molar-refractivity contribution in [3.8, 4) is 6.07 Å². The van der Waals surface area contributed by atoms with Crippen molar-refractivity contribution < 1.29 is 19.8 Å². The van der Waals surface area contributed by atoms with Crippen LogP contribution in [0.3, 0.4) is 0 Å². The molecule has 0 unspecified atom stereocenters. The van der Waals surface area contributed by atoms with Crippen LogP contribution in [0, 0.1) is 11.3 Å². The van der Waals surface area contributed by atoms with Gasteiger partial charge in [0.15, 0.2) is 0 Å². The van der Waals surface area contributed by atoms with E-state index in [9.17, 15) is 9.59 Å². The number of carboxylic acid groups (broad SMARTS) is 2. The van der Waals surface area contributed by atoms with Crippen LogP contribution < -0.4 is 0 Å². The molecule has 0 atom stereocenters. The maximum absolute atomic E-state index is 9.97. The third kappa shape index (κ3) is 4.66. The first kappa shape index (κ1) is 9.17. The van der Waals surface area contributed by atoms with Gasteiger partial charge in [-0.05, 0) is 0 Å². The Labute approximate surface area is 62.2 Å². The normalized spacial score (nSPS) is 10.3. The molecule has 5 heteroatoms. The van der Waals surface area contributed by atoms with E-state index in [1.807, 2.05) is 0 Å². The minimum atomic E-state index is -1.32. The van der Waals surface area contributed by atoms with Crippen molar-refractivity contribution in [1.82, 2.24) is 0 Å². The number of nitrogens with zero attached hydrogens (tertiary/aromatic N) is 1. The maximum atomic E-state index is 9.97. The largest absolute Gasteiger partial charge is 0.481 e. The molecular weight excluding hydrogens is 150 g/mol. The quantitative estimate of drug-likeness (QED) is 0.441. The molecule has 2 N–H and O–H groups in total. The van der Waals surface area contributed by atoms with Gasteiger partial charge in [0.1, 0.15) is 0 Å². The Morgan fingerprint density at radius 1 is 1.45 bits per heavy atom. The van der Waals surface area contributed by atoms with E-state index in [2.05, 4.69) is 0 Å². The lowest BCUT2D eigenvalue weighted by molar-refractivity contribution is -0.136. The van der Waals surface area contributed by atoms with Gasteiger partial charge in [-0.15, -0.1) is 0 Å². The van der Waals surface area contributed by atoms with Gasteiger partial charge in [0.2, 0.25) is 0 Å². The second-order valence-corrected chi connectivity index (χ2v) is 1.69. The van der Waals surface area contributed by atoms with E-state index < -0.39 is 18.4 Å². The van der Waals surface area contributed by atoms with Gasteiger partial charge in [-0.2, -0.15) is 5.26 Å². The van der Waals surface area contributed by atoms with Gasteiger partial charge in [-0.3, -0.25) is 4.79 Å². The first-order valence-electron chi connectivity index (χ1n) is 2.61. The van der Waals surface area contributed by atoms with Crippen molar-refractivity contribution >= 4 is 11.9 Å². The van der Waals surface area contributed by atoms with Crippen molar-refractivity contribution in [2.24, 2.45) is 0 Å². The summed E-state index contributed by atoms with van der Waals surface area (Å²) in [7, 11) is 0. The first-order valence-corrected chi connectivity index (χ1v) is 2.61. The summed E-state index contributed by atoms with van der Waals surface area (Å²) in [5.74, 6) is -2.54. The highest BCUT2D eigenvalue weighted by molar-refractivity contribution is 5.83. The molecule has 5 nitrogen and oxygen atoms in total. The number of aliphatic carboxylic acids is 2. The summed E-state index contributed by atoms with van der Waals surface area (Å²) in [5, 5.41) is 24.4. The van der Waals surface area contributed by atoms with Crippen LogP contribution in [-0.2, 0) is 9.59 Å². The van der Waals surface area contributed by atoms with Crippen LogP contribution in [0.2, 0.25) is 0 Å². The second kappa shape index (κ2) is 4.06. The highest BCUT2D eigenvalue weighted by Gasteiger charge is 2.04. The zero-order valence-electron chi connectivity index (χ0n) is 5.44. The second-order valence-electron chi connectivity index (χ2n) is 1.69. The summed E-state index contributed by atoms with van der Waals surface area (Å²) in [5.41, 5.74) is -0.273. The SMILES string of the molecule is N#CC(=CC(=O)O)CC(=O)O. The predicted octanol–water partition coefficient (Wildman–Crippen LogP) is -0.00432. The summed E-state index contributed by atoms with van der Waals surface area (Å²) in [6, 6.07) is 1.46. The third-order valence-corrected chi connectivity index (χ3v) is 0.783. The fourth-order valence-corrected chi connectivity index (χ4v) is 0.435. The molecule has 0 aliphatic rings. The lowest BCUT2D eigenvalue weighted by Crippen LogP contribution is -1.98. The fourth-order valence-electron chi connectivity index (χ4n) is 0.435. The number of hydrogen-bond donors (Lipinski definition) is 2. The van der Waals surface area contributed by atoms with Crippen LogP contribution >= 0.6 is 0 Å². The van der Waals surface area contributed by atoms with E-state index >= 15 is 0 Å². The van der Waals surface area contributed by atoms with E-state index in [0.29, 0.717) is 6.08 Å². The highest BCUT2D eigenvalue weighted by Crippen LogP contribution is 1.98. The molecule has 0 radical (unpaired) electrons. The van der Waals surface area contributed by atoms with Gasteiger partial charge in [0.05, 0.1) is 12.5 Å². The fraction of sp³-hybridized carbons (Fsp3) is 0.167. The number of rotatable bonds is 3. The molecule has 0 aliphatic carbocycles. The standard InChI is InChI=1S/C6H5NO4/c7-3-4(1-5(8)9)2-6(10)11/h1H,2H2,(H,8,9)(H,10,11). The summed E-state index contributed by atoms with van der Waals surface area (Å²) in [4.78, 5) is 19.9. The van der Waals surface area contributed by atoms with Gasteiger partial charge in [-0.25, -0.2) is 4.79 Å². The average Bonchev–Trinajstić information content (AvgIpc) is 1.84. The van der Waals surface area contributed by atoms with Crippen LogP contribution in [0.1, 0.15) is 6.42 Å². The molecule has 0 aromatic rings. The molecule has 0 heterocycles. The molecule has 0 aliphatic heterocycles. The minimum Gasteiger partial charge on any atom is -0.481 e. The van der Waals surface area contributed by atoms with Gasteiger partial charge >= 0.3 is 11.9 Å². The first-order chi connectivity index (χ1) is 5.06. The number of carboxylic acids is 2. The van der Waals surface area contributed by atoms with E-state index in [0.717, 1.165) is 0 Å². The van der Waals surface area contributed by atoms with E-state index in [1.54, 1.807) is 0 Å². The summed E-state index contributed by atoms with van der Waals surface area (Å²) in [6.07, 6.45) is 0.0247. The molecular formula is C6H5NO4. The van der Waals surface area contributed by atoms with E-state index in [-0.39, 0.29) is 5.57 Å². The van der Waals surface area contributed by atoms with Crippen molar-refractivity contribution in [3.63, 3.8) is 0 Å². The van der Waals surface area contributed by atoms with Gasteiger partial charge in [0.25, 0.3) is 0 Å². The summed E-state index contributed by atoms with van der Waals surface area (Å²) >= 11 is 0. The summed E-state index contributed by atoms with van der Waals surface area (Å²) in [6.45, 7) is 0. The topological polar surface area (TPSA) is 98.4 Å². The van der Waals surface area contributed by atoms with Crippen LogP contribution in [-0.4, -0.2) is 22.2 Å². The van der Waals surface area contributed by atoms with Crippen LogP contribution in [0.25, 0.3) is 0 Å². The molecule has 0 amide bonds. The van der Waals surface area contributed by atoms with E-state index in [1.165, 1.54) is 6.07 Å². The molecule has 0 rings (SSSR count). The Balaban J connectivity index is 4.32. The molecule has 0 aromatic carbocycles. The molecule has 0 bridgehead atoms. The number of hydrogen-bond acceptors (Lipinski definition) is 3. The van der Waals surface area contributed by atoms with Crippen molar-refractivity contribution in [1.29, 1.82) is 5.26 Å². The lowest BCUT2D eigenvalue weighted by Gasteiger charge is -1.88. The lowest BCUT2D eigenvalue weighted by atomic mass is 10.2. The number of carbonyl (C=O) groups is 2. The Bertz CT molecular complexity index is 248. The van der Waals surface area contributed by atoms with Crippen LogP contribution in [0.15, 0.2) is 11.6 Å². The van der Waals surface area contributed by atoms with Gasteiger partial charge in [-0.1, -0.05) is 0 Å². The Morgan fingerprint density at radius 3 is 2.27 bits per heavy atom. The van der Waals surface area contributed by atoms with Crippen LogP contribution in [0.4, 0.5) is 0 Å². The molecule has 0 saturated heterocycles. The number of nitriles is 1. The molecule has 0 aromatic heterocycles. The molecule has 0 fully saturated rings. The maximum Gasteiger partial charge on any atom is 0.329 e. The Morgan fingerprint density at radius 2 is 2.00 bits per heavy atom.